The summed E-state index contributed by atoms with van der Waals surface area (Å²) in [7, 11) is 0. The number of carbonyl (C=O) groups excluding carboxylic acids is 1. The SMILES string of the molecule is O=C(CCl)NCc1cc(Br)no1. The summed E-state index contributed by atoms with van der Waals surface area (Å²) in [6, 6.07) is 1.68. The molecule has 1 aromatic heterocycles. The zero-order valence-electron chi connectivity index (χ0n) is 6.01. The molecule has 1 amide bonds. The van der Waals surface area contributed by atoms with Crippen LogP contribution in [0, 0.1) is 0 Å². The van der Waals surface area contributed by atoms with Gasteiger partial charge in [-0.25, -0.2) is 0 Å². The Morgan fingerprint density at radius 1 is 1.83 bits per heavy atom. The lowest BCUT2D eigenvalue weighted by Gasteiger charge is -1.96. The Morgan fingerprint density at radius 3 is 3.08 bits per heavy atom. The molecule has 1 rings (SSSR count). The van der Waals surface area contributed by atoms with Gasteiger partial charge in [0.05, 0.1) is 6.54 Å². The monoisotopic (exact) mass is 252 g/mol. The van der Waals surface area contributed by atoms with Gasteiger partial charge < -0.3 is 9.84 Å². The van der Waals surface area contributed by atoms with Gasteiger partial charge in [-0.2, -0.15) is 0 Å². The first-order valence-electron chi connectivity index (χ1n) is 3.16. The van der Waals surface area contributed by atoms with Crippen LogP contribution in [0.4, 0.5) is 0 Å². The summed E-state index contributed by atoms with van der Waals surface area (Å²) in [5.41, 5.74) is 0. The molecule has 0 aromatic carbocycles. The van der Waals surface area contributed by atoms with Gasteiger partial charge in [0.15, 0.2) is 5.76 Å². The molecule has 0 aliphatic rings. The standard InChI is InChI=1S/C6H6BrClN2O2/c7-5-1-4(12-10-5)3-9-6(11)2-8/h1H,2-3H2,(H,9,11). The van der Waals surface area contributed by atoms with Crippen LogP contribution >= 0.6 is 27.5 Å². The van der Waals surface area contributed by atoms with Crippen molar-refractivity contribution in [3.05, 3.63) is 16.4 Å². The normalized spacial score (nSPS) is 9.83. The van der Waals surface area contributed by atoms with Crippen LogP contribution in [0.25, 0.3) is 0 Å². The van der Waals surface area contributed by atoms with Crippen LogP contribution in [0.2, 0.25) is 0 Å². The Labute approximate surface area is 82.4 Å². The summed E-state index contributed by atoms with van der Waals surface area (Å²) in [5.74, 6) is 0.305. The van der Waals surface area contributed by atoms with Crippen molar-refractivity contribution in [2.45, 2.75) is 6.54 Å². The Kier molecular flexibility index (Phi) is 3.55. The fourth-order valence-electron chi connectivity index (χ4n) is 0.604. The van der Waals surface area contributed by atoms with Gasteiger partial charge >= 0.3 is 0 Å². The molecular formula is C6H6BrClN2O2. The van der Waals surface area contributed by atoms with Crippen molar-refractivity contribution in [3.63, 3.8) is 0 Å². The fourth-order valence-corrected chi connectivity index (χ4v) is 1.03. The molecule has 1 aromatic rings. The zero-order chi connectivity index (χ0) is 8.97. The molecule has 0 unspecified atom stereocenters. The van der Waals surface area contributed by atoms with Crippen LogP contribution < -0.4 is 5.32 Å². The van der Waals surface area contributed by atoms with Gasteiger partial charge in [0.1, 0.15) is 10.5 Å². The van der Waals surface area contributed by atoms with Gasteiger partial charge in [0.2, 0.25) is 5.91 Å². The summed E-state index contributed by atoms with van der Waals surface area (Å²) in [6.45, 7) is 0.310. The van der Waals surface area contributed by atoms with Crippen LogP contribution in [-0.2, 0) is 11.3 Å². The minimum atomic E-state index is -0.232. The molecule has 12 heavy (non-hydrogen) atoms. The molecule has 0 atom stereocenters. The van der Waals surface area contributed by atoms with Crippen molar-refractivity contribution in [3.8, 4) is 0 Å². The lowest BCUT2D eigenvalue weighted by molar-refractivity contribution is -0.118. The third-order valence-corrected chi connectivity index (χ3v) is 1.73. The highest BCUT2D eigenvalue weighted by Gasteiger charge is 2.03. The van der Waals surface area contributed by atoms with Gasteiger partial charge in [-0.05, 0) is 15.9 Å². The van der Waals surface area contributed by atoms with Gasteiger partial charge in [-0.15, -0.1) is 11.6 Å². The average Bonchev–Trinajstić information content (AvgIpc) is 2.47. The first-order valence-corrected chi connectivity index (χ1v) is 4.49. The van der Waals surface area contributed by atoms with E-state index in [-0.39, 0.29) is 11.8 Å². The topological polar surface area (TPSA) is 55.1 Å². The Bertz CT molecular complexity index is 276. The largest absolute Gasteiger partial charge is 0.358 e. The fraction of sp³-hybridized carbons (Fsp3) is 0.333. The molecule has 4 nitrogen and oxygen atoms in total. The molecule has 0 radical (unpaired) electrons. The summed E-state index contributed by atoms with van der Waals surface area (Å²) in [4.78, 5) is 10.7. The smallest absolute Gasteiger partial charge is 0.235 e. The molecule has 6 heteroatoms. The molecule has 0 fully saturated rings. The molecule has 0 aliphatic carbocycles. The number of nitrogens with zero attached hydrogens (tertiary/aromatic N) is 1. The number of halogens is 2. The van der Waals surface area contributed by atoms with Gasteiger partial charge in [0, 0.05) is 6.07 Å². The van der Waals surface area contributed by atoms with Crippen molar-refractivity contribution >= 4 is 33.4 Å². The number of hydrogen-bond acceptors (Lipinski definition) is 3. The van der Waals surface area contributed by atoms with Crippen LogP contribution in [0.5, 0.6) is 0 Å². The van der Waals surface area contributed by atoms with Crippen LogP contribution in [0.3, 0.4) is 0 Å². The Morgan fingerprint density at radius 2 is 2.58 bits per heavy atom. The first kappa shape index (κ1) is 9.54. The van der Waals surface area contributed by atoms with E-state index in [1.54, 1.807) is 6.07 Å². The van der Waals surface area contributed by atoms with E-state index in [9.17, 15) is 4.79 Å². The highest BCUT2D eigenvalue weighted by molar-refractivity contribution is 9.10. The number of alkyl halides is 1. The second kappa shape index (κ2) is 4.47. The third kappa shape index (κ3) is 2.83. The Hall–Kier alpha value is -0.550. The average molecular weight is 253 g/mol. The second-order valence-electron chi connectivity index (χ2n) is 2.03. The van der Waals surface area contributed by atoms with Crippen molar-refractivity contribution in [2.24, 2.45) is 0 Å². The third-order valence-electron chi connectivity index (χ3n) is 1.11. The van der Waals surface area contributed by atoms with E-state index in [1.165, 1.54) is 0 Å². The number of nitrogens with one attached hydrogen (secondary N) is 1. The molecule has 0 spiro atoms. The lowest BCUT2D eigenvalue weighted by atomic mass is 10.4. The first-order chi connectivity index (χ1) is 5.72. The predicted molar refractivity (Wildman–Crippen MR) is 46.8 cm³/mol. The van der Waals surface area contributed by atoms with Crippen LogP contribution in [0.15, 0.2) is 15.2 Å². The number of aromatic nitrogens is 1. The van der Waals surface area contributed by atoms with Gasteiger partial charge in [0.25, 0.3) is 0 Å². The van der Waals surface area contributed by atoms with Crippen molar-refractivity contribution in [2.75, 3.05) is 5.88 Å². The van der Waals surface area contributed by atoms with Gasteiger partial charge in [-0.3, -0.25) is 4.79 Å². The molecule has 1 N–H and O–H groups in total. The number of rotatable bonds is 3. The molecule has 0 saturated heterocycles. The molecule has 66 valence electrons. The van der Waals surface area contributed by atoms with E-state index in [2.05, 4.69) is 26.4 Å². The highest BCUT2D eigenvalue weighted by Crippen LogP contribution is 2.08. The van der Waals surface area contributed by atoms with Crippen molar-refractivity contribution in [1.82, 2.24) is 10.5 Å². The molecule has 1 heterocycles. The van der Waals surface area contributed by atoms with E-state index in [4.69, 9.17) is 16.1 Å². The zero-order valence-corrected chi connectivity index (χ0v) is 8.35. The Balaban J connectivity index is 2.38. The molecule has 0 aliphatic heterocycles. The molecule has 0 saturated carbocycles. The van der Waals surface area contributed by atoms with E-state index < -0.39 is 0 Å². The summed E-state index contributed by atoms with van der Waals surface area (Å²) >= 11 is 8.37. The molecule has 0 bridgehead atoms. The number of carbonyl (C=O) groups is 1. The van der Waals surface area contributed by atoms with Crippen LogP contribution in [-0.4, -0.2) is 16.9 Å². The second-order valence-corrected chi connectivity index (χ2v) is 3.11. The summed E-state index contributed by atoms with van der Waals surface area (Å²) in [5, 5.41) is 6.11. The summed E-state index contributed by atoms with van der Waals surface area (Å²) < 4.78 is 5.41. The van der Waals surface area contributed by atoms with Crippen molar-refractivity contribution < 1.29 is 9.32 Å². The maximum Gasteiger partial charge on any atom is 0.235 e. The number of hydrogen-bond donors (Lipinski definition) is 1. The van der Waals surface area contributed by atoms with E-state index >= 15 is 0 Å². The maximum absolute atomic E-state index is 10.7. The van der Waals surface area contributed by atoms with E-state index in [0.717, 1.165) is 0 Å². The predicted octanol–water partition coefficient (Wildman–Crippen LogP) is 1.29. The van der Waals surface area contributed by atoms with Crippen molar-refractivity contribution in [1.29, 1.82) is 0 Å². The lowest BCUT2D eigenvalue weighted by Crippen LogP contribution is -2.23. The number of amides is 1. The minimum Gasteiger partial charge on any atom is -0.358 e. The minimum absolute atomic E-state index is 0.0463. The quantitative estimate of drug-likeness (QED) is 0.826. The van der Waals surface area contributed by atoms with E-state index in [1.807, 2.05) is 0 Å². The molecular weight excluding hydrogens is 247 g/mol. The van der Waals surface area contributed by atoms with E-state index in [0.29, 0.717) is 16.9 Å². The highest BCUT2D eigenvalue weighted by atomic mass is 79.9. The maximum atomic E-state index is 10.7. The van der Waals surface area contributed by atoms with Gasteiger partial charge in [-0.1, -0.05) is 5.16 Å². The summed E-state index contributed by atoms with van der Waals surface area (Å²) in [6.07, 6.45) is 0. The van der Waals surface area contributed by atoms with Crippen LogP contribution in [0.1, 0.15) is 5.76 Å².